The summed E-state index contributed by atoms with van der Waals surface area (Å²) in [6.07, 6.45) is 0.359. The monoisotopic (exact) mass is 496 g/mol. The van der Waals surface area contributed by atoms with Crippen molar-refractivity contribution in [1.82, 2.24) is 5.16 Å². The molecule has 3 aromatic carbocycles. The lowest BCUT2D eigenvalue weighted by Crippen LogP contribution is -2.19. The zero-order valence-electron chi connectivity index (χ0n) is 20.9. The van der Waals surface area contributed by atoms with E-state index in [1.807, 2.05) is 86.6 Å². The van der Waals surface area contributed by atoms with Crippen LogP contribution in [0.2, 0.25) is 0 Å². The summed E-state index contributed by atoms with van der Waals surface area (Å²) in [6.45, 7) is 5.55. The fourth-order valence-electron chi connectivity index (χ4n) is 4.55. The van der Waals surface area contributed by atoms with Crippen molar-refractivity contribution in [2.24, 2.45) is 0 Å². The Hall–Kier alpha value is -4.39. The van der Waals surface area contributed by atoms with E-state index in [1.165, 1.54) is 0 Å². The molecule has 1 aliphatic carbocycles. The molecule has 37 heavy (non-hydrogen) atoms. The standard InChI is InChI=1S/C30H28N2O5/c1-18-5-4-6-24(17-18)19(2)36-29(35)31-26-20(3)37-32-27(26)23-9-7-21(8-10-23)22-11-13-25(14-12-22)30(15-16-30)28(33)34/h4-14,17,19H,15-16H2,1-3H3,(H,31,35)(H,33,34)/t19-/m1/s1. The zero-order valence-corrected chi connectivity index (χ0v) is 20.9. The van der Waals surface area contributed by atoms with Crippen LogP contribution in [0.1, 0.15) is 48.3 Å². The number of hydrogen-bond donors (Lipinski definition) is 2. The Bertz CT molecular complexity index is 1450. The topological polar surface area (TPSA) is 102 Å². The second-order valence-corrected chi connectivity index (χ2v) is 9.59. The highest BCUT2D eigenvalue weighted by Gasteiger charge is 2.51. The molecule has 4 aromatic rings. The largest absolute Gasteiger partial charge is 0.481 e. The van der Waals surface area contributed by atoms with Crippen LogP contribution in [0.4, 0.5) is 10.5 Å². The Labute approximate surface area is 215 Å². The van der Waals surface area contributed by atoms with Gasteiger partial charge in [0.05, 0.1) is 5.41 Å². The second kappa shape index (κ2) is 9.58. The molecule has 1 aliphatic rings. The summed E-state index contributed by atoms with van der Waals surface area (Å²) < 4.78 is 11.0. The lowest BCUT2D eigenvalue weighted by Gasteiger charge is -2.15. The third-order valence-electron chi connectivity index (χ3n) is 6.97. The average molecular weight is 497 g/mol. The molecule has 0 unspecified atom stereocenters. The van der Waals surface area contributed by atoms with Crippen LogP contribution in [0.15, 0.2) is 77.3 Å². The molecule has 0 aliphatic heterocycles. The number of amides is 1. The van der Waals surface area contributed by atoms with E-state index in [4.69, 9.17) is 9.26 Å². The van der Waals surface area contributed by atoms with Gasteiger partial charge in [-0.25, -0.2) is 4.79 Å². The van der Waals surface area contributed by atoms with Gasteiger partial charge in [0.2, 0.25) is 0 Å². The number of rotatable bonds is 7. The minimum absolute atomic E-state index is 0.417. The molecule has 0 saturated heterocycles. The fourth-order valence-corrected chi connectivity index (χ4v) is 4.55. The van der Waals surface area contributed by atoms with E-state index >= 15 is 0 Å². The first-order valence-electron chi connectivity index (χ1n) is 12.2. The predicted octanol–water partition coefficient (Wildman–Crippen LogP) is 7.05. The van der Waals surface area contributed by atoms with Crippen molar-refractivity contribution >= 4 is 17.7 Å². The van der Waals surface area contributed by atoms with Gasteiger partial charge in [0, 0.05) is 5.56 Å². The van der Waals surface area contributed by atoms with Gasteiger partial charge < -0.3 is 14.4 Å². The lowest BCUT2D eigenvalue weighted by atomic mass is 9.93. The molecular formula is C30H28N2O5. The number of ether oxygens (including phenoxy) is 1. The number of anilines is 1. The third-order valence-corrected chi connectivity index (χ3v) is 6.97. The Morgan fingerprint density at radius 3 is 2.19 bits per heavy atom. The van der Waals surface area contributed by atoms with E-state index in [1.54, 1.807) is 6.92 Å². The first kappa shape index (κ1) is 24.3. The minimum Gasteiger partial charge on any atom is -0.481 e. The second-order valence-electron chi connectivity index (χ2n) is 9.59. The molecule has 1 aromatic heterocycles. The molecule has 1 amide bonds. The van der Waals surface area contributed by atoms with Crippen molar-refractivity contribution in [1.29, 1.82) is 0 Å². The molecule has 7 heteroatoms. The summed E-state index contributed by atoms with van der Waals surface area (Å²) in [5.74, 6) is -0.285. The number of nitrogens with one attached hydrogen (secondary N) is 1. The molecule has 0 spiro atoms. The van der Waals surface area contributed by atoms with E-state index in [0.29, 0.717) is 30.0 Å². The molecule has 188 valence electrons. The molecule has 2 N–H and O–H groups in total. The highest BCUT2D eigenvalue weighted by atomic mass is 16.6. The molecule has 0 radical (unpaired) electrons. The van der Waals surface area contributed by atoms with Gasteiger partial charge >= 0.3 is 12.1 Å². The molecular weight excluding hydrogens is 468 g/mol. The number of carboxylic acid groups (broad SMARTS) is 1. The highest BCUT2D eigenvalue weighted by Crippen LogP contribution is 2.48. The van der Waals surface area contributed by atoms with E-state index in [-0.39, 0.29) is 0 Å². The van der Waals surface area contributed by atoms with Crippen molar-refractivity contribution < 1.29 is 24.0 Å². The summed E-state index contributed by atoms with van der Waals surface area (Å²) in [5.41, 5.74) is 5.86. The fraction of sp³-hybridized carbons (Fsp3) is 0.233. The zero-order chi connectivity index (χ0) is 26.2. The molecule has 1 heterocycles. The summed E-state index contributed by atoms with van der Waals surface area (Å²) in [4.78, 5) is 24.2. The Morgan fingerprint density at radius 2 is 1.59 bits per heavy atom. The maximum absolute atomic E-state index is 12.7. The van der Waals surface area contributed by atoms with E-state index < -0.39 is 23.6 Å². The van der Waals surface area contributed by atoms with Gasteiger partial charge in [-0.3, -0.25) is 10.1 Å². The van der Waals surface area contributed by atoms with E-state index in [2.05, 4.69) is 10.5 Å². The van der Waals surface area contributed by atoms with Crippen LogP contribution < -0.4 is 5.32 Å². The number of carbonyl (C=O) groups is 2. The lowest BCUT2D eigenvalue weighted by molar-refractivity contribution is -0.140. The van der Waals surface area contributed by atoms with Crippen LogP contribution in [0.25, 0.3) is 22.4 Å². The van der Waals surface area contributed by atoms with Gasteiger partial charge in [0.1, 0.15) is 17.5 Å². The molecule has 1 saturated carbocycles. The number of benzene rings is 3. The van der Waals surface area contributed by atoms with Crippen molar-refractivity contribution in [3.8, 4) is 22.4 Å². The van der Waals surface area contributed by atoms with Crippen LogP contribution in [0.3, 0.4) is 0 Å². The number of aryl methyl sites for hydroxylation is 2. The highest BCUT2D eigenvalue weighted by molar-refractivity contribution is 5.91. The Balaban J connectivity index is 1.30. The summed E-state index contributed by atoms with van der Waals surface area (Å²) in [5, 5.41) is 16.5. The number of aliphatic carboxylic acids is 1. The van der Waals surface area contributed by atoms with Crippen LogP contribution >= 0.6 is 0 Å². The van der Waals surface area contributed by atoms with Gasteiger partial charge in [-0.15, -0.1) is 0 Å². The molecule has 1 atom stereocenters. The van der Waals surface area contributed by atoms with Crippen LogP contribution in [0.5, 0.6) is 0 Å². The van der Waals surface area contributed by atoms with Crippen molar-refractivity contribution in [2.75, 3.05) is 5.32 Å². The third kappa shape index (κ3) is 4.85. The first-order valence-corrected chi connectivity index (χ1v) is 12.2. The minimum atomic E-state index is -0.759. The van der Waals surface area contributed by atoms with Gasteiger partial charge in [-0.2, -0.15) is 0 Å². The van der Waals surface area contributed by atoms with E-state index in [9.17, 15) is 14.7 Å². The van der Waals surface area contributed by atoms with Gasteiger partial charge in [-0.1, -0.05) is 83.5 Å². The smallest absolute Gasteiger partial charge is 0.412 e. The van der Waals surface area contributed by atoms with Crippen LogP contribution in [-0.2, 0) is 14.9 Å². The summed E-state index contributed by atoms with van der Waals surface area (Å²) in [6, 6.07) is 23.3. The van der Waals surface area contributed by atoms with Crippen molar-refractivity contribution in [2.45, 2.75) is 45.1 Å². The number of hydrogen-bond acceptors (Lipinski definition) is 5. The normalized spacial score (nSPS) is 14.6. The molecule has 1 fully saturated rings. The van der Waals surface area contributed by atoms with Crippen LogP contribution in [-0.4, -0.2) is 22.3 Å². The maximum Gasteiger partial charge on any atom is 0.412 e. The number of aromatic nitrogens is 1. The van der Waals surface area contributed by atoms with Gasteiger partial charge in [0.15, 0.2) is 5.76 Å². The molecule has 0 bridgehead atoms. The summed E-state index contributed by atoms with van der Waals surface area (Å²) >= 11 is 0. The Morgan fingerprint density at radius 1 is 0.973 bits per heavy atom. The SMILES string of the molecule is Cc1cccc([C@@H](C)OC(=O)Nc2c(-c3ccc(-c4ccc(C5(C(=O)O)CC5)cc4)cc3)noc2C)c1. The molecule has 7 nitrogen and oxygen atoms in total. The number of nitrogens with zero attached hydrogens (tertiary/aromatic N) is 1. The van der Waals surface area contributed by atoms with Gasteiger partial charge in [-0.05, 0) is 55.9 Å². The number of carboxylic acids is 1. The summed E-state index contributed by atoms with van der Waals surface area (Å²) in [7, 11) is 0. The predicted molar refractivity (Wildman–Crippen MR) is 140 cm³/mol. The maximum atomic E-state index is 12.7. The Kier molecular flexibility index (Phi) is 6.29. The first-order chi connectivity index (χ1) is 17.8. The molecule has 5 rings (SSSR count). The van der Waals surface area contributed by atoms with Crippen molar-refractivity contribution in [3.63, 3.8) is 0 Å². The van der Waals surface area contributed by atoms with Crippen molar-refractivity contribution in [3.05, 3.63) is 95.2 Å². The van der Waals surface area contributed by atoms with E-state index in [0.717, 1.165) is 33.4 Å². The number of carbonyl (C=O) groups excluding carboxylic acids is 1. The quantitative estimate of drug-likeness (QED) is 0.284. The van der Waals surface area contributed by atoms with Crippen LogP contribution in [0, 0.1) is 13.8 Å². The van der Waals surface area contributed by atoms with Gasteiger partial charge in [0.25, 0.3) is 0 Å². The average Bonchev–Trinajstić information content (AvgIpc) is 3.64.